The highest BCUT2D eigenvalue weighted by molar-refractivity contribution is 5.79. The molecule has 2 N–H and O–H groups in total. The van der Waals surface area contributed by atoms with Crippen molar-refractivity contribution in [2.45, 2.75) is 44.4 Å². The first-order chi connectivity index (χ1) is 11.8. The average molecular weight is 330 g/mol. The molecule has 0 aromatic heterocycles. The smallest absolute Gasteiger partial charge is 0.191 e. The number of aliphatic imine (C=N–C) groups is 1. The molecule has 0 aliphatic carbocycles. The van der Waals surface area contributed by atoms with E-state index in [9.17, 15) is 0 Å². The van der Waals surface area contributed by atoms with Crippen LogP contribution in [-0.4, -0.2) is 56.3 Å². The van der Waals surface area contributed by atoms with E-state index in [4.69, 9.17) is 4.74 Å². The van der Waals surface area contributed by atoms with E-state index < -0.39 is 0 Å². The lowest BCUT2D eigenvalue weighted by atomic mass is 10.2. The van der Waals surface area contributed by atoms with Gasteiger partial charge in [-0.3, -0.25) is 9.89 Å². The van der Waals surface area contributed by atoms with Crippen LogP contribution in [0.2, 0.25) is 0 Å². The summed E-state index contributed by atoms with van der Waals surface area (Å²) in [5.41, 5.74) is 1.39. The molecule has 2 fully saturated rings. The SMILES string of the molecule is CN=C(NCC1CCCO1)NCC1CCCN1Cc1ccccc1. The average Bonchev–Trinajstić information content (AvgIpc) is 3.28. The highest BCUT2D eigenvalue weighted by atomic mass is 16.5. The van der Waals surface area contributed by atoms with Crippen LogP contribution in [0.15, 0.2) is 35.3 Å². The van der Waals surface area contributed by atoms with Gasteiger partial charge in [-0.1, -0.05) is 30.3 Å². The molecule has 2 atom stereocenters. The lowest BCUT2D eigenvalue weighted by Crippen LogP contribution is -2.46. The van der Waals surface area contributed by atoms with Gasteiger partial charge in [0.05, 0.1) is 6.10 Å². The van der Waals surface area contributed by atoms with Crippen molar-refractivity contribution in [2.75, 3.05) is 33.3 Å². The summed E-state index contributed by atoms with van der Waals surface area (Å²) in [4.78, 5) is 6.92. The maximum atomic E-state index is 5.66. The maximum absolute atomic E-state index is 5.66. The number of likely N-dealkylation sites (tertiary alicyclic amines) is 1. The Kier molecular flexibility index (Phi) is 6.49. The van der Waals surface area contributed by atoms with Gasteiger partial charge in [-0.25, -0.2) is 0 Å². The molecule has 0 amide bonds. The Balaban J connectivity index is 1.43. The largest absolute Gasteiger partial charge is 0.376 e. The molecule has 0 spiro atoms. The van der Waals surface area contributed by atoms with E-state index in [-0.39, 0.29) is 0 Å². The Morgan fingerprint density at radius 3 is 2.75 bits per heavy atom. The quantitative estimate of drug-likeness (QED) is 0.619. The molecule has 5 heteroatoms. The summed E-state index contributed by atoms with van der Waals surface area (Å²) in [6.07, 6.45) is 5.19. The summed E-state index contributed by atoms with van der Waals surface area (Å²) in [5.74, 6) is 0.886. The number of hydrogen-bond donors (Lipinski definition) is 2. The zero-order valence-corrected chi connectivity index (χ0v) is 14.7. The Morgan fingerprint density at radius 1 is 1.17 bits per heavy atom. The number of rotatable bonds is 6. The molecular weight excluding hydrogens is 300 g/mol. The van der Waals surface area contributed by atoms with E-state index in [2.05, 4.69) is 50.9 Å². The molecule has 2 saturated heterocycles. The van der Waals surface area contributed by atoms with E-state index in [1.165, 1.54) is 31.4 Å². The van der Waals surface area contributed by atoms with E-state index >= 15 is 0 Å². The van der Waals surface area contributed by atoms with Gasteiger partial charge < -0.3 is 15.4 Å². The molecule has 0 bridgehead atoms. The third-order valence-electron chi connectivity index (χ3n) is 4.98. The Labute approximate surface area is 145 Å². The topological polar surface area (TPSA) is 48.9 Å². The van der Waals surface area contributed by atoms with Gasteiger partial charge in [-0.2, -0.15) is 0 Å². The van der Waals surface area contributed by atoms with Crippen LogP contribution in [0.3, 0.4) is 0 Å². The van der Waals surface area contributed by atoms with Crippen LogP contribution < -0.4 is 10.6 Å². The normalized spacial score (nSPS) is 25.1. The second kappa shape index (κ2) is 9.04. The summed E-state index contributed by atoms with van der Waals surface area (Å²) >= 11 is 0. The Bertz CT molecular complexity index is 513. The number of ether oxygens (including phenoxy) is 1. The molecule has 24 heavy (non-hydrogen) atoms. The van der Waals surface area contributed by atoms with Crippen molar-refractivity contribution < 1.29 is 4.74 Å². The van der Waals surface area contributed by atoms with Crippen molar-refractivity contribution >= 4 is 5.96 Å². The number of guanidine groups is 1. The second-order valence-corrected chi connectivity index (χ2v) is 6.72. The summed E-state index contributed by atoms with van der Waals surface area (Å²) < 4.78 is 5.66. The standard InChI is InChI=1S/C19H30N4O/c1-20-19(22-14-18-10-6-12-24-18)21-13-17-9-5-11-23(17)15-16-7-3-2-4-8-16/h2-4,7-8,17-18H,5-6,9-15H2,1H3,(H2,20,21,22). The summed E-state index contributed by atoms with van der Waals surface area (Å²) in [7, 11) is 1.83. The van der Waals surface area contributed by atoms with Crippen LogP contribution in [0.25, 0.3) is 0 Å². The predicted octanol–water partition coefficient (Wildman–Crippen LogP) is 2.00. The number of hydrogen-bond acceptors (Lipinski definition) is 3. The fourth-order valence-electron chi connectivity index (χ4n) is 3.60. The zero-order chi connectivity index (χ0) is 16.6. The predicted molar refractivity (Wildman–Crippen MR) is 98.2 cm³/mol. The molecule has 5 nitrogen and oxygen atoms in total. The van der Waals surface area contributed by atoms with E-state index in [0.29, 0.717) is 12.1 Å². The molecule has 1 aromatic rings. The van der Waals surface area contributed by atoms with E-state index in [0.717, 1.165) is 38.6 Å². The molecule has 2 aliphatic heterocycles. The van der Waals surface area contributed by atoms with Gasteiger partial charge in [0, 0.05) is 39.3 Å². The lowest BCUT2D eigenvalue weighted by Gasteiger charge is -2.25. The molecule has 1 aromatic carbocycles. The highest BCUT2D eigenvalue weighted by Gasteiger charge is 2.24. The minimum Gasteiger partial charge on any atom is -0.376 e. The highest BCUT2D eigenvalue weighted by Crippen LogP contribution is 2.19. The van der Waals surface area contributed by atoms with Gasteiger partial charge in [0.25, 0.3) is 0 Å². The van der Waals surface area contributed by atoms with E-state index in [1.807, 2.05) is 7.05 Å². The van der Waals surface area contributed by atoms with Gasteiger partial charge in [0.1, 0.15) is 0 Å². The van der Waals surface area contributed by atoms with E-state index in [1.54, 1.807) is 0 Å². The minimum atomic E-state index is 0.338. The zero-order valence-electron chi connectivity index (χ0n) is 14.7. The van der Waals surface area contributed by atoms with Crippen molar-refractivity contribution in [3.8, 4) is 0 Å². The maximum Gasteiger partial charge on any atom is 0.191 e. The fraction of sp³-hybridized carbons (Fsp3) is 0.632. The summed E-state index contributed by atoms with van der Waals surface area (Å²) in [6, 6.07) is 11.3. The van der Waals surface area contributed by atoms with Gasteiger partial charge in [-0.15, -0.1) is 0 Å². The molecule has 2 heterocycles. The van der Waals surface area contributed by atoms with Gasteiger partial charge in [0.15, 0.2) is 5.96 Å². The van der Waals surface area contributed by atoms with Gasteiger partial charge >= 0.3 is 0 Å². The molecule has 0 radical (unpaired) electrons. The minimum absolute atomic E-state index is 0.338. The van der Waals surface area contributed by atoms with Gasteiger partial charge in [-0.05, 0) is 37.8 Å². The first kappa shape index (κ1) is 17.2. The van der Waals surface area contributed by atoms with Crippen molar-refractivity contribution in [3.05, 3.63) is 35.9 Å². The molecule has 3 rings (SSSR count). The van der Waals surface area contributed by atoms with Crippen LogP contribution in [0.1, 0.15) is 31.2 Å². The van der Waals surface area contributed by atoms with Crippen LogP contribution >= 0.6 is 0 Å². The number of nitrogens with one attached hydrogen (secondary N) is 2. The third kappa shape index (κ3) is 4.95. The van der Waals surface area contributed by atoms with Crippen molar-refractivity contribution in [2.24, 2.45) is 4.99 Å². The Morgan fingerprint density at radius 2 is 2.00 bits per heavy atom. The lowest BCUT2D eigenvalue weighted by molar-refractivity contribution is 0.113. The fourth-order valence-corrected chi connectivity index (χ4v) is 3.60. The first-order valence-corrected chi connectivity index (χ1v) is 9.19. The monoisotopic (exact) mass is 330 g/mol. The van der Waals surface area contributed by atoms with Crippen molar-refractivity contribution in [1.82, 2.24) is 15.5 Å². The van der Waals surface area contributed by atoms with Crippen LogP contribution in [0.5, 0.6) is 0 Å². The van der Waals surface area contributed by atoms with Crippen LogP contribution in [0, 0.1) is 0 Å². The third-order valence-corrected chi connectivity index (χ3v) is 4.98. The van der Waals surface area contributed by atoms with Crippen molar-refractivity contribution in [3.63, 3.8) is 0 Å². The molecule has 132 valence electrons. The Hall–Kier alpha value is -1.59. The van der Waals surface area contributed by atoms with Crippen molar-refractivity contribution in [1.29, 1.82) is 0 Å². The molecule has 0 saturated carbocycles. The van der Waals surface area contributed by atoms with Crippen LogP contribution in [-0.2, 0) is 11.3 Å². The second-order valence-electron chi connectivity index (χ2n) is 6.72. The van der Waals surface area contributed by atoms with Crippen LogP contribution in [0.4, 0.5) is 0 Å². The molecule has 2 unspecified atom stereocenters. The first-order valence-electron chi connectivity index (χ1n) is 9.19. The summed E-state index contributed by atoms with van der Waals surface area (Å²) in [6.45, 7) is 4.91. The van der Waals surface area contributed by atoms with Gasteiger partial charge in [0.2, 0.25) is 0 Å². The summed E-state index contributed by atoms with van der Waals surface area (Å²) in [5, 5.41) is 6.89. The molecular formula is C19H30N4O. The number of benzene rings is 1. The molecule has 2 aliphatic rings. The number of nitrogens with zero attached hydrogens (tertiary/aromatic N) is 2.